The minimum atomic E-state index is -3.53. The molecule has 1 aromatic carbocycles. The molecule has 0 N–H and O–H groups in total. The van der Waals surface area contributed by atoms with Gasteiger partial charge in [0, 0.05) is 25.7 Å². The van der Waals surface area contributed by atoms with Crippen molar-refractivity contribution < 1.29 is 12.9 Å². The summed E-state index contributed by atoms with van der Waals surface area (Å²) < 4.78 is 32.7. The normalized spacial score (nSPS) is 15.4. The first kappa shape index (κ1) is 22.0. The summed E-state index contributed by atoms with van der Waals surface area (Å²) in [5.74, 6) is 1.64. The Balaban J connectivity index is 1.34. The van der Waals surface area contributed by atoms with E-state index in [4.69, 9.17) is 4.52 Å². The maximum absolute atomic E-state index is 12.9. The van der Waals surface area contributed by atoms with Crippen LogP contribution in [0.4, 0.5) is 0 Å². The van der Waals surface area contributed by atoms with Gasteiger partial charge in [-0.3, -0.25) is 0 Å². The Bertz CT molecular complexity index is 1080. The van der Waals surface area contributed by atoms with Crippen molar-refractivity contribution in [1.29, 1.82) is 0 Å². The maximum atomic E-state index is 12.9. The van der Waals surface area contributed by atoms with Crippen LogP contribution in [0.2, 0.25) is 0 Å². The maximum Gasteiger partial charge on any atom is 0.244 e. The molecule has 4 rings (SSSR count). The number of benzene rings is 1. The fraction of sp³-hybridized carbons (Fsp3) is 0.409. The summed E-state index contributed by atoms with van der Waals surface area (Å²) in [4.78, 5) is 8.98. The highest BCUT2D eigenvalue weighted by molar-refractivity contribution is 7.98. The number of hydrogen-bond acceptors (Lipinski definition) is 7. The number of hydrogen-bond donors (Lipinski definition) is 0. The summed E-state index contributed by atoms with van der Waals surface area (Å²) in [6, 6.07) is 13.4. The predicted octanol–water partition coefficient (Wildman–Crippen LogP) is 4.30. The van der Waals surface area contributed by atoms with Gasteiger partial charge in [-0.2, -0.15) is 9.29 Å². The summed E-state index contributed by atoms with van der Waals surface area (Å²) in [6.45, 7) is 0. The SMILES string of the molecule is CN(C1CCCCC1)S(=O)(=O)c1ccc(SCc2nc(Cc3ccccc3)no2)nc1. The van der Waals surface area contributed by atoms with Gasteiger partial charge in [0.2, 0.25) is 15.9 Å². The van der Waals surface area contributed by atoms with E-state index in [-0.39, 0.29) is 10.9 Å². The molecule has 0 bridgehead atoms. The summed E-state index contributed by atoms with van der Waals surface area (Å²) in [6.07, 6.45) is 7.26. The molecular weight excluding hydrogens is 432 g/mol. The quantitative estimate of drug-likeness (QED) is 0.465. The molecule has 3 aromatic rings. The van der Waals surface area contributed by atoms with Crippen molar-refractivity contribution in [2.24, 2.45) is 0 Å². The zero-order valence-electron chi connectivity index (χ0n) is 17.5. The molecule has 1 aliphatic carbocycles. The third-order valence-corrected chi connectivity index (χ3v) is 8.36. The van der Waals surface area contributed by atoms with E-state index in [1.165, 1.54) is 28.7 Å². The van der Waals surface area contributed by atoms with E-state index in [0.717, 1.165) is 31.2 Å². The molecule has 2 heterocycles. The van der Waals surface area contributed by atoms with E-state index >= 15 is 0 Å². The van der Waals surface area contributed by atoms with Gasteiger partial charge in [-0.05, 0) is 30.5 Å². The lowest BCUT2D eigenvalue weighted by Crippen LogP contribution is -2.38. The number of nitrogens with zero attached hydrogens (tertiary/aromatic N) is 4. The number of thioether (sulfide) groups is 1. The standard InChI is InChI=1S/C22H26N4O3S2/c1-26(18-10-6-3-7-11-18)31(27,28)19-12-13-22(23-15-19)30-16-21-24-20(25-29-21)14-17-8-4-2-5-9-17/h2,4-5,8-9,12-13,15,18H,3,6-7,10-11,14,16H2,1H3. The molecule has 2 aromatic heterocycles. The van der Waals surface area contributed by atoms with Crippen LogP contribution in [-0.4, -0.2) is 40.9 Å². The Morgan fingerprint density at radius 2 is 1.87 bits per heavy atom. The third kappa shape index (κ3) is 5.53. The largest absolute Gasteiger partial charge is 0.338 e. The van der Waals surface area contributed by atoms with Crippen molar-refractivity contribution in [2.45, 2.75) is 60.2 Å². The second-order valence-corrected chi connectivity index (χ2v) is 10.7. The molecule has 31 heavy (non-hydrogen) atoms. The Kier molecular flexibility index (Phi) is 7.04. The molecule has 1 fully saturated rings. The molecule has 0 saturated heterocycles. The molecule has 164 valence electrons. The van der Waals surface area contributed by atoms with E-state index in [1.807, 2.05) is 30.3 Å². The van der Waals surface area contributed by atoms with Crippen LogP contribution in [-0.2, 0) is 22.2 Å². The van der Waals surface area contributed by atoms with Crippen LogP contribution in [0.1, 0.15) is 49.4 Å². The molecule has 7 nitrogen and oxygen atoms in total. The van der Waals surface area contributed by atoms with Crippen LogP contribution in [0, 0.1) is 0 Å². The number of aromatic nitrogens is 3. The molecule has 0 unspecified atom stereocenters. The first-order valence-electron chi connectivity index (χ1n) is 10.4. The van der Waals surface area contributed by atoms with Gasteiger partial charge >= 0.3 is 0 Å². The highest BCUT2D eigenvalue weighted by Gasteiger charge is 2.29. The Labute approximate surface area is 187 Å². The summed E-state index contributed by atoms with van der Waals surface area (Å²) in [5.41, 5.74) is 1.12. The Morgan fingerprint density at radius 3 is 2.58 bits per heavy atom. The van der Waals surface area contributed by atoms with Gasteiger partial charge in [-0.1, -0.05) is 66.5 Å². The van der Waals surface area contributed by atoms with Crippen LogP contribution >= 0.6 is 11.8 Å². The minimum absolute atomic E-state index is 0.0791. The lowest BCUT2D eigenvalue weighted by molar-refractivity contribution is 0.285. The van der Waals surface area contributed by atoms with Gasteiger partial charge in [0.25, 0.3) is 0 Å². The van der Waals surface area contributed by atoms with Crippen molar-refractivity contribution in [1.82, 2.24) is 19.4 Å². The smallest absolute Gasteiger partial charge is 0.244 e. The van der Waals surface area contributed by atoms with E-state index in [2.05, 4.69) is 15.1 Å². The van der Waals surface area contributed by atoms with Crippen molar-refractivity contribution in [3.63, 3.8) is 0 Å². The average Bonchev–Trinajstić information content (AvgIpc) is 3.26. The second kappa shape index (κ2) is 9.93. The fourth-order valence-electron chi connectivity index (χ4n) is 3.75. The van der Waals surface area contributed by atoms with Gasteiger partial charge in [0.05, 0.1) is 10.8 Å². The molecule has 0 aliphatic heterocycles. The topological polar surface area (TPSA) is 89.2 Å². The molecule has 0 atom stereocenters. The van der Waals surface area contributed by atoms with Crippen LogP contribution in [0.15, 0.2) is 63.1 Å². The van der Waals surface area contributed by atoms with E-state index < -0.39 is 10.0 Å². The van der Waals surface area contributed by atoms with E-state index in [9.17, 15) is 8.42 Å². The molecule has 9 heteroatoms. The Morgan fingerprint density at radius 1 is 1.10 bits per heavy atom. The van der Waals surface area contributed by atoms with E-state index in [0.29, 0.717) is 28.9 Å². The number of rotatable bonds is 8. The molecular formula is C22H26N4O3S2. The summed E-state index contributed by atoms with van der Waals surface area (Å²) >= 11 is 1.43. The van der Waals surface area contributed by atoms with Gasteiger partial charge in [0.1, 0.15) is 4.90 Å². The lowest BCUT2D eigenvalue weighted by Gasteiger charge is -2.30. The zero-order valence-corrected chi connectivity index (χ0v) is 19.1. The van der Waals surface area contributed by atoms with Crippen molar-refractivity contribution >= 4 is 21.8 Å². The molecule has 1 aliphatic rings. The summed E-state index contributed by atoms with van der Waals surface area (Å²) in [5, 5.41) is 4.74. The molecule has 0 radical (unpaired) electrons. The Hall–Kier alpha value is -2.23. The van der Waals surface area contributed by atoms with Crippen molar-refractivity contribution in [3.8, 4) is 0 Å². The summed E-state index contributed by atoms with van der Waals surface area (Å²) in [7, 11) is -1.85. The van der Waals surface area contributed by atoms with Crippen LogP contribution in [0.25, 0.3) is 0 Å². The molecule has 0 spiro atoms. The average molecular weight is 459 g/mol. The van der Waals surface area contributed by atoms with E-state index in [1.54, 1.807) is 19.2 Å². The lowest BCUT2D eigenvalue weighted by atomic mass is 9.96. The van der Waals surface area contributed by atoms with Crippen LogP contribution < -0.4 is 0 Å². The predicted molar refractivity (Wildman–Crippen MR) is 119 cm³/mol. The minimum Gasteiger partial charge on any atom is -0.338 e. The first-order chi connectivity index (χ1) is 15.0. The monoisotopic (exact) mass is 458 g/mol. The van der Waals surface area contributed by atoms with Crippen molar-refractivity contribution in [3.05, 3.63) is 65.9 Å². The van der Waals surface area contributed by atoms with Gasteiger partial charge in [0.15, 0.2) is 5.82 Å². The zero-order chi connectivity index (χ0) is 21.7. The van der Waals surface area contributed by atoms with Crippen LogP contribution in [0.3, 0.4) is 0 Å². The number of sulfonamides is 1. The molecule has 0 amide bonds. The third-order valence-electron chi connectivity index (χ3n) is 5.53. The van der Waals surface area contributed by atoms with Crippen molar-refractivity contribution in [2.75, 3.05) is 7.05 Å². The van der Waals surface area contributed by atoms with Gasteiger partial charge in [-0.15, -0.1) is 0 Å². The van der Waals surface area contributed by atoms with Crippen LogP contribution in [0.5, 0.6) is 0 Å². The highest BCUT2D eigenvalue weighted by Crippen LogP contribution is 2.27. The molecule has 1 saturated carbocycles. The van der Waals surface area contributed by atoms with Gasteiger partial charge < -0.3 is 4.52 Å². The second-order valence-electron chi connectivity index (χ2n) is 7.70. The highest BCUT2D eigenvalue weighted by atomic mass is 32.2. The van der Waals surface area contributed by atoms with Gasteiger partial charge in [-0.25, -0.2) is 13.4 Å². The first-order valence-corrected chi connectivity index (χ1v) is 12.9. The fourth-order valence-corrected chi connectivity index (χ4v) is 5.79. The number of pyridine rings is 1.